The molecule has 2 aromatic carbocycles. The maximum atomic E-state index is 14.5. The largest absolute Gasteiger partial charge is 0.490 e. The van der Waals surface area contributed by atoms with Crippen LogP contribution in [0.15, 0.2) is 36.4 Å². The Labute approximate surface area is 167 Å². The SMILES string of the molecule is OC[C@H]1O[C@@H](c2ccc(F)c(Cc3ccc4c(c3)NCCO4)c2)[C@H](O)[C@@H](O)[C@@H]1O. The summed E-state index contributed by atoms with van der Waals surface area (Å²) in [5.74, 6) is 0.357. The molecular weight excluding hydrogens is 381 g/mol. The molecule has 8 heteroatoms. The van der Waals surface area contributed by atoms with Crippen LogP contribution in [0.25, 0.3) is 0 Å². The first-order valence-corrected chi connectivity index (χ1v) is 9.56. The minimum Gasteiger partial charge on any atom is -0.490 e. The van der Waals surface area contributed by atoms with Crippen molar-refractivity contribution in [3.05, 3.63) is 58.9 Å². The molecule has 29 heavy (non-hydrogen) atoms. The monoisotopic (exact) mass is 405 g/mol. The van der Waals surface area contributed by atoms with E-state index in [1.54, 1.807) is 6.07 Å². The quantitative estimate of drug-likeness (QED) is 0.510. The van der Waals surface area contributed by atoms with E-state index in [1.165, 1.54) is 12.1 Å². The smallest absolute Gasteiger partial charge is 0.142 e. The normalized spacial score (nSPS) is 28.9. The van der Waals surface area contributed by atoms with Crippen LogP contribution < -0.4 is 10.1 Å². The Bertz CT molecular complexity index is 876. The average Bonchev–Trinajstić information content (AvgIpc) is 2.74. The number of aliphatic hydroxyl groups is 4. The number of aliphatic hydroxyl groups excluding tert-OH is 4. The van der Waals surface area contributed by atoms with Gasteiger partial charge in [0.1, 0.15) is 48.7 Å². The fraction of sp³-hybridized carbons (Fsp3) is 0.429. The van der Waals surface area contributed by atoms with E-state index in [2.05, 4.69) is 5.32 Å². The summed E-state index contributed by atoms with van der Waals surface area (Å²) in [5.41, 5.74) is 2.60. The summed E-state index contributed by atoms with van der Waals surface area (Å²) in [6.07, 6.45) is -6.02. The molecule has 0 aromatic heterocycles. The van der Waals surface area contributed by atoms with Crippen molar-refractivity contribution in [1.82, 2.24) is 0 Å². The van der Waals surface area contributed by atoms with Crippen molar-refractivity contribution in [2.24, 2.45) is 0 Å². The van der Waals surface area contributed by atoms with Gasteiger partial charge in [-0.1, -0.05) is 12.1 Å². The van der Waals surface area contributed by atoms with Crippen molar-refractivity contribution in [3.63, 3.8) is 0 Å². The Morgan fingerprint density at radius 3 is 2.66 bits per heavy atom. The number of hydrogen-bond donors (Lipinski definition) is 5. The minimum absolute atomic E-state index is 0.312. The van der Waals surface area contributed by atoms with Crippen LogP contribution in [0.5, 0.6) is 5.75 Å². The van der Waals surface area contributed by atoms with Gasteiger partial charge in [0.05, 0.1) is 12.3 Å². The van der Waals surface area contributed by atoms with Gasteiger partial charge in [0.2, 0.25) is 0 Å². The molecule has 5 atom stereocenters. The number of anilines is 1. The molecule has 2 aliphatic rings. The van der Waals surface area contributed by atoms with Crippen LogP contribution in [-0.2, 0) is 11.2 Å². The molecule has 7 nitrogen and oxygen atoms in total. The zero-order valence-electron chi connectivity index (χ0n) is 15.7. The topological polar surface area (TPSA) is 111 Å². The van der Waals surface area contributed by atoms with Gasteiger partial charge < -0.3 is 35.2 Å². The Hall–Kier alpha value is -2.23. The molecule has 2 aliphatic heterocycles. The molecule has 0 radical (unpaired) electrons. The maximum absolute atomic E-state index is 14.5. The van der Waals surface area contributed by atoms with Crippen molar-refractivity contribution in [3.8, 4) is 5.75 Å². The molecule has 0 saturated carbocycles. The molecule has 0 aliphatic carbocycles. The average molecular weight is 405 g/mol. The van der Waals surface area contributed by atoms with E-state index < -0.39 is 42.9 Å². The predicted molar refractivity (Wildman–Crippen MR) is 102 cm³/mol. The van der Waals surface area contributed by atoms with Crippen LogP contribution in [-0.4, -0.2) is 64.6 Å². The maximum Gasteiger partial charge on any atom is 0.142 e. The lowest BCUT2D eigenvalue weighted by Gasteiger charge is -2.40. The van der Waals surface area contributed by atoms with Gasteiger partial charge in [-0.3, -0.25) is 0 Å². The van der Waals surface area contributed by atoms with Crippen LogP contribution >= 0.6 is 0 Å². The number of halogens is 1. The molecule has 0 unspecified atom stereocenters. The lowest BCUT2D eigenvalue weighted by Crippen LogP contribution is -2.55. The zero-order valence-corrected chi connectivity index (χ0v) is 15.7. The summed E-state index contributed by atoms with van der Waals surface area (Å²) in [6.45, 7) is 0.791. The van der Waals surface area contributed by atoms with Gasteiger partial charge in [-0.05, 0) is 41.0 Å². The number of rotatable bonds is 4. The van der Waals surface area contributed by atoms with Crippen molar-refractivity contribution in [2.75, 3.05) is 25.1 Å². The first-order valence-electron chi connectivity index (χ1n) is 9.56. The van der Waals surface area contributed by atoms with Gasteiger partial charge in [-0.25, -0.2) is 4.39 Å². The third kappa shape index (κ3) is 3.94. The van der Waals surface area contributed by atoms with Gasteiger partial charge in [-0.2, -0.15) is 0 Å². The van der Waals surface area contributed by atoms with Gasteiger partial charge in [0.15, 0.2) is 0 Å². The third-order valence-electron chi connectivity index (χ3n) is 5.40. The van der Waals surface area contributed by atoms with E-state index >= 15 is 0 Å². The molecule has 1 fully saturated rings. The van der Waals surface area contributed by atoms with Gasteiger partial charge in [0, 0.05) is 13.0 Å². The molecule has 156 valence electrons. The molecule has 4 rings (SSSR count). The number of hydrogen-bond acceptors (Lipinski definition) is 7. The Morgan fingerprint density at radius 2 is 1.86 bits per heavy atom. The third-order valence-corrected chi connectivity index (χ3v) is 5.40. The highest BCUT2D eigenvalue weighted by molar-refractivity contribution is 5.59. The summed E-state index contributed by atoms with van der Waals surface area (Å²) < 4.78 is 25.6. The van der Waals surface area contributed by atoms with Gasteiger partial charge in [0.25, 0.3) is 0 Å². The summed E-state index contributed by atoms with van der Waals surface area (Å²) in [7, 11) is 0. The van der Waals surface area contributed by atoms with E-state index in [0.29, 0.717) is 30.7 Å². The lowest BCUT2D eigenvalue weighted by atomic mass is 9.90. The van der Waals surface area contributed by atoms with E-state index in [4.69, 9.17) is 9.47 Å². The number of fused-ring (bicyclic) bond motifs is 1. The standard InChI is InChI=1S/C21H24FNO6/c22-14-3-2-12(21-20(27)19(26)18(25)17(10-24)29-21)9-13(14)7-11-1-4-16-15(8-11)23-5-6-28-16/h1-4,8-9,17-21,23-27H,5-7,10H2/t17-,18-,19+,20-,21+/m1/s1. The van der Waals surface area contributed by atoms with E-state index in [0.717, 1.165) is 17.0 Å². The number of ether oxygens (including phenoxy) is 2. The summed E-state index contributed by atoms with van der Waals surface area (Å²) in [5, 5.41) is 42.9. The molecule has 0 spiro atoms. The first-order chi connectivity index (χ1) is 14.0. The lowest BCUT2D eigenvalue weighted by molar-refractivity contribution is -0.231. The van der Waals surface area contributed by atoms with Crippen LogP contribution in [0, 0.1) is 5.82 Å². The van der Waals surface area contributed by atoms with E-state index in [9.17, 15) is 24.8 Å². The second-order valence-electron chi connectivity index (χ2n) is 7.38. The Kier molecular flexibility index (Phi) is 5.71. The van der Waals surface area contributed by atoms with Crippen molar-refractivity contribution < 1.29 is 34.3 Å². The van der Waals surface area contributed by atoms with Gasteiger partial charge in [-0.15, -0.1) is 0 Å². The summed E-state index contributed by atoms with van der Waals surface area (Å²) >= 11 is 0. The Morgan fingerprint density at radius 1 is 1.03 bits per heavy atom. The molecule has 0 bridgehead atoms. The highest BCUT2D eigenvalue weighted by Gasteiger charge is 2.44. The van der Waals surface area contributed by atoms with E-state index in [1.807, 2.05) is 18.2 Å². The van der Waals surface area contributed by atoms with Crippen molar-refractivity contribution in [2.45, 2.75) is 36.9 Å². The zero-order chi connectivity index (χ0) is 20.5. The van der Waals surface area contributed by atoms with Crippen LogP contribution in [0.4, 0.5) is 10.1 Å². The van der Waals surface area contributed by atoms with Crippen molar-refractivity contribution >= 4 is 5.69 Å². The second-order valence-corrected chi connectivity index (χ2v) is 7.38. The Balaban J connectivity index is 1.59. The van der Waals surface area contributed by atoms with Gasteiger partial charge >= 0.3 is 0 Å². The molecular formula is C21H24FNO6. The van der Waals surface area contributed by atoms with Crippen LogP contribution in [0.3, 0.4) is 0 Å². The van der Waals surface area contributed by atoms with E-state index in [-0.39, 0.29) is 0 Å². The number of benzene rings is 2. The molecule has 0 amide bonds. The highest BCUT2D eigenvalue weighted by Crippen LogP contribution is 2.34. The number of nitrogens with one attached hydrogen (secondary N) is 1. The molecule has 2 aromatic rings. The second kappa shape index (κ2) is 8.25. The fourth-order valence-electron chi connectivity index (χ4n) is 3.80. The van der Waals surface area contributed by atoms with Crippen LogP contribution in [0.1, 0.15) is 22.8 Å². The first kappa shape index (κ1) is 20.1. The fourth-order valence-corrected chi connectivity index (χ4v) is 3.80. The summed E-state index contributed by atoms with van der Waals surface area (Å²) in [4.78, 5) is 0. The summed E-state index contributed by atoms with van der Waals surface area (Å²) in [6, 6.07) is 9.95. The highest BCUT2D eigenvalue weighted by atomic mass is 19.1. The molecule has 1 saturated heterocycles. The van der Waals surface area contributed by atoms with Crippen LogP contribution in [0.2, 0.25) is 0 Å². The predicted octanol–water partition coefficient (Wildman–Crippen LogP) is 0.736. The minimum atomic E-state index is -1.48. The molecule has 5 N–H and O–H groups in total. The van der Waals surface area contributed by atoms with Crippen molar-refractivity contribution in [1.29, 1.82) is 0 Å². The molecule has 2 heterocycles.